The van der Waals surface area contributed by atoms with Gasteiger partial charge < -0.3 is 41.4 Å². The molecule has 0 heterocycles. The number of methoxy groups -OCH3 is 1. The van der Waals surface area contributed by atoms with E-state index in [-0.39, 0.29) is 29.7 Å². The Morgan fingerprint density at radius 3 is 2.00 bits per heavy atom. The molecule has 0 radical (unpaired) electrons. The SMILES string of the molecule is CC(C)C=O.CC(CCCNC(N)=O)NC(=O)C(NC=O)C(C)C.CCCCCCN(C)C(=O)/C=C\C=O.COCc1ccc(NC=O)cc1. The van der Waals surface area contributed by atoms with Gasteiger partial charge in [0.15, 0.2) is 0 Å². The molecule has 0 aliphatic carbocycles. The Kier molecular flexibility index (Phi) is 34.1. The third kappa shape index (κ3) is 32.0. The molecule has 0 bridgehead atoms. The van der Waals surface area contributed by atoms with Gasteiger partial charge in [-0.3, -0.25) is 24.0 Å². The molecule has 0 spiro atoms. The maximum atomic E-state index is 11.9. The number of likely N-dealkylation sites (N-methyl/N-ethyl adjacent to an activating group) is 1. The molecule has 0 aliphatic heterocycles. The summed E-state index contributed by atoms with van der Waals surface area (Å²) in [4.78, 5) is 75.2. The summed E-state index contributed by atoms with van der Waals surface area (Å²) < 4.78 is 4.94. The molecular formula is C36H62N6O8. The van der Waals surface area contributed by atoms with Crippen molar-refractivity contribution in [2.45, 2.75) is 98.8 Å². The highest BCUT2D eigenvalue weighted by Gasteiger charge is 2.22. The number of unbranched alkanes of at least 4 members (excludes halogenated alkanes) is 3. The summed E-state index contributed by atoms with van der Waals surface area (Å²) >= 11 is 0. The van der Waals surface area contributed by atoms with E-state index in [1.807, 2.05) is 58.9 Å². The van der Waals surface area contributed by atoms with Crippen molar-refractivity contribution in [1.82, 2.24) is 20.9 Å². The molecule has 2 unspecified atom stereocenters. The van der Waals surface area contributed by atoms with Crippen molar-refractivity contribution in [2.24, 2.45) is 17.6 Å². The van der Waals surface area contributed by atoms with E-state index in [4.69, 9.17) is 10.5 Å². The number of rotatable bonds is 21. The van der Waals surface area contributed by atoms with Crippen LogP contribution in [0.5, 0.6) is 0 Å². The Balaban J connectivity index is -0.000000633. The molecule has 1 aromatic rings. The number of primary amides is 1. The maximum Gasteiger partial charge on any atom is 0.312 e. The van der Waals surface area contributed by atoms with Crippen LogP contribution in [0.1, 0.15) is 85.6 Å². The number of aldehydes is 2. The molecule has 0 aliphatic rings. The Bertz CT molecular complexity index is 1100. The van der Waals surface area contributed by atoms with Gasteiger partial charge in [-0.25, -0.2) is 4.79 Å². The largest absolute Gasteiger partial charge is 0.380 e. The van der Waals surface area contributed by atoms with E-state index in [1.54, 1.807) is 19.1 Å². The van der Waals surface area contributed by atoms with E-state index < -0.39 is 12.1 Å². The Morgan fingerprint density at radius 2 is 1.54 bits per heavy atom. The molecule has 0 saturated heterocycles. The van der Waals surface area contributed by atoms with E-state index in [9.17, 15) is 33.6 Å². The number of nitrogens with two attached hydrogens (primary N) is 1. The number of carbonyl (C=O) groups excluding carboxylic acids is 7. The van der Waals surface area contributed by atoms with Gasteiger partial charge in [-0.1, -0.05) is 66.0 Å². The first-order chi connectivity index (χ1) is 23.7. The topological polar surface area (TPSA) is 206 Å². The number of benzene rings is 1. The molecule has 0 fully saturated rings. The second-order valence-electron chi connectivity index (χ2n) is 11.9. The van der Waals surface area contributed by atoms with E-state index in [0.29, 0.717) is 32.3 Å². The van der Waals surface area contributed by atoms with Crippen LogP contribution in [0.25, 0.3) is 0 Å². The molecular weight excluding hydrogens is 644 g/mol. The summed E-state index contributed by atoms with van der Waals surface area (Å²) in [6.45, 7) is 13.3. The number of anilines is 1. The zero-order valence-electron chi connectivity index (χ0n) is 31.2. The van der Waals surface area contributed by atoms with Crippen molar-refractivity contribution in [3.8, 4) is 0 Å². The van der Waals surface area contributed by atoms with Crippen LogP contribution in [-0.4, -0.2) is 87.5 Å². The maximum absolute atomic E-state index is 11.9. The van der Waals surface area contributed by atoms with Crippen molar-refractivity contribution in [2.75, 3.05) is 32.6 Å². The van der Waals surface area contributed by atoms with Crippen LogP contribution in [-0.2, 0) is 40.1 Å². The van der Waals surface area contributed by atoms with Gasteiger partial charge >= 0.3 is 6.03 Å². The van der Waals surface area contributed by atoms with Crippen LogP contribution in [0.15, 0.2) is 36.4 Å². The van der Waals surface area contributed by atoms with E-state index >= 15 is 0 Å². The number of hydrogen-bond donors (Lipinski definition) is 5. The minimum Gasteiger partial charge on any atom is -0.380 e. The van der Waals surface area contributed by atoms with Crippen LogP contribution in [0.4, 0.5) is 10.5 Å². The fraction of sp³-hybridized carbons (Fsp3) is 0.583. The number of amides is 6. The third-order valence-corrected chi connectivity index (χ3v) is 6.50. The summed E-state index contributed by atoms with van der Waals surface area (Å²) in [5.74, 6) is -0.0741. The van der Waals surface area contributed by atoms with Gasteiger partial charge in [0.1, 0.15) is 18.6 Å². The first-order valence-electron chi connectivity index (χ1n) is 16.9. The Morgan fingerprint density at radius 1 is 0.920 bits per heavy atom. The van der Waals surface area contributed by atoms with Crippen molar-refractivity contribution >= 4 is 48.9 Å². The quantitative estimate of drug-likeness (QED) is 0.0722. The van der Waals surface area contributed by atoms with Crippen molar-refractivity contribution in [3.05, 3.63) is 42.0 Å². The van der Waals surface area contributed by atoms with E-state index in [1.165, 1.54) is 25.0 Å². The summed E-state index contributed by atoms with van der Waals surface area (Å²) in [5.41, 5.74) is 6.82. The van der Waals surface area contributed by atoms with Crippen LogP contribution in [0.2, 0.25) is 0 Å². The summed E-state index contributed by atoms with van der Waals surface area (Å²) in [7, 11) is 3.40. The van der Waals surface area contributed by atoms with Gasteiger partial charge in [-0.05, 0) is 55.9 Å². The summed E-state index contributed by atoms with van der Waals surface area (Å²) in [6.07, 6.45) is 11.3. The molecule has 50 heavy (non-hydrogen) atoms. The van der Waals surface area contributed by atoms with Crippen LogP contribution < -0.4 is 27.0 Å². The minimum atomic E-state index is -0.549. The zero-order chi connectivity index (χ0) is 38.7. The number of hydrogen-bond acceptors (Lipinski definition) is 8. The second kappa shape index (κ2) is 34.3. The predicted molar refractivity (Wildman–Crippen MR) is 197 cm³/mol. The number of ether oxygens (including phenoxy) is 1. The van der Waals surface area contributed by atoms with Crippen molar-refractivity contribution in [1.29, 1.82) is 0 Å². The summed E-state index contributed by atoms with van der Waals surface area (Å²) in [6, 6.07) is 6.39. The van der Waals surface area contributed by atoms with Gasteiger partial charge in [0, 0.05) is 51.0 Å². The normalized spacial score (nSPS) is 11.2. The zero-order valence-corrected chi connectivity index (χ0v) is 31.2. The van der Waals surface area contributed by atoms with E-state index in [0.717, 1.165) is 49.8 Å². The van der Waals surface area contributed by atoms with Crippen LogP contribution >= 0.6 is 0 Å². The van der Waals surface area contributed by atoms with Crippen LogP contribution in [0.3, 0.4) is 0 Å². The highest BCUT2D eigenvalue weighted by molar-refractivity contribution is 5.90. The monoisotopic (exact) mass is 706 g/mol. The van der Waals surface area contributed by atoms with Gasteiger partial charge in [-0.15, -0.1) is 0 Å². The average molecular weight is 707 g/mol. The number of nitrogens with zero attached hydrogens (tertiary/aromatic N) is 1. The van der Waals surface area contributed by atoms with Gasteiger partial charge in [-0.2, -0.15) is 0 Å². The molecule has 6 amide bonds. The van der Waals surface area contributed by atoms with Gasteiger partial charge in [0.05, 0.1) is 6.61 Å². The Labute approximate surface area is 298 Å². The smallest absolute Gasteiger partial charge is 0.312 e. The van der Waals surface area contributed by atoms with Crippen molar-refractivity contribution < 1.29 is 38.3 Å². The molecule has 1 rings (SSSR count). The molecule has 0 saturated carbocycles. The first kappa shape index (κ1) is 49.8. The lowest BCUT2D eigenvalue weighted by Gasteiger charge is -2.22. The molecule has 14 heteroatoms. The van der Waals surface area contributed by atoms with Crippen LogP contribution in [0, 0.1) is 11.8 Å². The highest BCUT2D eigenvalue weighted by atomic mass is 16.5. The molecule has 6 N–H and O–H groups in total. The predicted octanol–water partition coefficient (Wildman–Crippen LogP) is 3.73. The third-order valence-electron chi connectivity index (χ3n) is 6.50. The standard InChI is InChI=1S/C12H24N4O3.C11H19NO2.C9H11NO2.C4H8O/c1-8(2)10(15-7-17)11(18)16-9(3)5-4-6-14-12(13)19;1-3-4-5-6-9-12(2)11(14)8-7-10-13;1-12-6-8-2-4-9(5-3-8)10-7-11;1-4(2)3-5/h7-10H,4-6H2,1-3H3,(H,15,17)(H,16,18)(H3,13,14,19);7-8,10H,3-6,9H2,1-2H3;2-5,7H,6H2,1H3,(H,10,11);3-4H,1-2H3/b;8-7-;;. The number of urea groups is 1. The van der Waals surface area contributed by atoms with Gasteiger partial charge in [0.25, 0.3) is 0 Å². The molecule has 0 aromatic heterocycles. The second-order valence-corrected chi connectivity index (χ2v) is 11.9. The average Bonchev–Trinajstić information content (AvgIpc) is 3.08. The number of allylic oxidation sites excluding steroid dienone is 1. The molecule has 1 aromatic carbocycles. The Hall–Kier alpha value is -4.59. The lowest BCUT2D eigenvalue weighted by Crippen LogP contribution is -2.49. The lowest BCUT2D eigenvalue weighted by molar-refractivity contribution is -0.127. The van der Waals surface area contributed by atoms with E-state index in [2.05, 4.69) is 28.2 Å². The lowest BCUT2D eigenvalue weighted by atomic mass is 10.0. The summed E-state index contributed by atoms with van der Waals surface area (Å²) in [5, 5.41) is 10.4. The minimum absolute atomic E-state index is 0.0222. The molecule has 14 nitrogen and oxygen atoms in total. The fourth-order valence-electron chi connectivity index (χ4n) is 3.74. The fourth-order valence-corrected chi connectivity index (χ4v) is 3.74. The van der Waals surface area contributed by atoms with Gasteiger partial charge in [0.2, 0.25) is 24.6 Å². The number of nitrogens with one attached hydrogen (secondary N) is 4. The highest BCUT2D eigenvalue weighted by Crippen LogP contribution is 2.09. The first-order valence-corrected chi connectivity index (χ1v) is 16.9. The molecule has 284 valence electrons. The number of carbonyl (C=O) groups is 7. The molecule has 2 atom stereocenters. The van der Waals surface area contributed by atoms with Crippen molar-refractivity contribution in [3.63, 3.8) is 0 Å².